The molecular formula is C22H26N2O. The number of unbranched alkanes of at least 4 members (excludes halogenated alkanes) is 1. The summed E-state index contributed by atoms with van der Waals surface area (Å²) < 4.78 is 8.37. The Balaban J connectivity index is 1.36. The molecule has 0 amide bonds. The first-order valence-electron chi connectivity index (χ1n) is 9.37. The van der Waals surface area contributed by atoms with E-state index in [2.05, 4.69) is 60.9 Å². The summed E-state index contributed by atoms with van der Waals surface area (Å²) in [7, 11) is 0. The van der Waals surface area contributed by atoms with E-state index in [0.717, 1.165) is 37.3 Å². The maximum Gasteiger partial charge on any atom is 0.119 e. The third kappa shape index (κ3) is 3.71. The molecule has 1 fully saturated rings. The predicted octanol–water partition coefficient (Wildman–Crippen LogP) is 5.39. The summed E-state index contributed by atoms with van der Waals surface area (Å²) in [5, 5.41) is 0. The van der Waals surface area contributed by atoms with Crippen molar-refractivity contribution in [2.24, 2.45) is 0 Å². The highest BCUT2D eigenvalue weighted by Gasteiger charge is 2.29. The average molecular weight is 334 g/mol. The lowest BCUT2D eigenvalue weighted by Gasteiger charge is -2.10. The van der Waals surface area contributed by atoms with Crippen LogP contribution in [0.5, 0.6) is 5.75 Å². The summed E-state index contributed by atoms with van der Waals surface area (Å²) in [6, 6.07) is 14.9. The Morgan fingerprint density at radius 2 is 1.80 bits per heavy atom. The lowest BCUT2D eigenvalue weighted by molar-refractivity contribution is 0.303. The van der Waals surface area contributed by atoms with E-state index in [9.17, 15) is 0 Å². The first kappa shape index (κ1) is 16.2. The van der Waals surface area contributed by atoms with Crippen LogP contribution in [-0.4, -0.2) is 16.2 Å². The summed E-state index contributed by atoms with van der Waals surface area (Å²) in [5.41, 5.74) is 4.93. The van der Waals surface area contributed by atoms with Gasteiger partial charge in [-0.05, 0) is 74.9 Å². The molecule has 1 saturated carbocycles. The molecule has 0 atom stereocenters. The van der Waals surface area contributed by atoms with Gasteiger partial charge in [-0.3, -0.25) is 0 Å². The van der Waals surface area contributed by atoms with Gasteiger partial charge in [0.2, 0.25) is 0 Å². The van der Waals surface area contributed by atoms with Gasteiger partial charge in [0.25, 0.3) is 0 Å². The Morgan fingerprint density at radius 1 is 1.04 bits per heavy atom. The fourth-order valence-corrected chi connectivity index (χ4v) is 3.56. The number of aromatic nitrogens is 2. The van der Waals surface area contributed by atoms with Crippen molar-refractivity contribution in [2.45, 2.75) is 52.0 Å². The maximum atomic E-state index is 5.94. The fraction of sp³-hybridized carbons (Fsp3) is 0.409. The Bertz CT molecular complexity index is 857. The van der Waals surface area contributed by atoms with E-state index in [-0.39, 0.29) is 0 Å². The largest absolute Gasteiger partial charge is 0.494 e. The van der Waals surface area contributed by atoms with Gasteiger partial charge in [-0.1, -0.05) is 18.2 Å². The number of hydrogen-bond acceptors (Lipinski definition) is 2. The third-order valence-electron chi connectivity index (χ3n) is 4.87. The van der Waals surface area contributed by atoms with Gasteiger partial charge in [-0.15, -0.1) is 0 Å². The van der Waals surface area contributed by atoms with Crippen LogP contribution in [0.15, 0.2) is 42.5 Å². The Labute approximate surface area is 149 Å². The highest BCUT2D eigenvalue weighted by Crippen LogP contribution is 2.40. The predicted molar refractivity (Wildman–Crippen MR) is 102 cm³/mol. The number of hydrogen-bond donors (Lipinski definition) is 0. The van der Waals surface area contributed by atoms with Gasteiger partial charge in [0.05, 0.1) is 17.6 Å². The molecular weight excluding hydrogens is 308 g/mol. The summed E-state index contributed by atoms with van der Waals surface area (Å²) in [4.78, 5) is 4.87. The zero-order valence-corrected chi connectivity index (χ0v) is 15.2. The number of fused-ring (bicyclic) bond motifs is 1. The zero-order valence-electron chi connectivity index (χ0n) is 15.2. The van der Waals surface area contributed by atoms with E-state index in [4.69, 9.17) is 9.72 Å². The van der Waals surface area contributed by atoms with Crippen LogP contribution in [-0.2, 0) is 6.54 Å². The van der Waals surface area contributed by atoms with Gasteiger partial charge < -0.3 is 9.30 Å². The number of aryl methyl sites for hydroxylation is 3. The topological polar surface area (TPSA) is 27.1 Å². The average Bonchev–Trinajstić information content (AvgIpc) is 3.36. The van der Waals surface area contributed by atoms with Crippen LogP contribution in [0.4, 0.5) is 0 Å². The first-order chi connectivity index (χ1) is 12.2. The molecule has 0 unspecified atom stereocenters. The lowest BCUT2D eigenvalue weighted by atomic mass is 10.1. The first-order valence-corrected chi connectivity index (χ1v) is 9.37. The molecule has 3 aromatic rings. The number of nitrogens with zero attached hydrogens (tertiary/aromatic N) is 2. The van der Waals surface area contributed by atoms with E-state index in [1.165, 1.54) is 35.3 Å². The molecule has 25 heavy (non-hydrogen) atoms. The molecule has 130 valence electrons. The molecule has 0 bridgehead atoms. The van der Waals surface area contributed by atoms with Crippen LogP contribution in [0, 0.1) is 13.8 Å². The molecule has 4 rings (SSSR count). The molecule has 0 aliphatic heterocycles. The Morgan fingerprint density at radius 3 is 2.56 bits per heavy atom. The molecule has 0 radical (unpaired) electrons. The Hall–Kier alpha value is -2.29. The minimum atomic E-state index is 0.680. The minimum absolute atomic E-state index is 0.680. The van der Waals surface area contributed by atoms with Crippen molar-refractivity contribution >= 4 is 11.0 Å². The van der Waals surface area contributed by atoms with Crippen LogP contribution < -0.4 is 4.74 Å². The van der Waals surface area contributed by atoms with Crippen LogP contribution in [0.3, 0.4) is 0 Å². The molecule has 1 aromatic heterocycles. The van der Waals surface area contributed by atoms with E-state index < -0.39 is 0 Å². The van der Waals surface area contributed by atoms with Gasteiger partial charge in [0.15, 0.2) is 0 Å². The zero-order chi connectivity index (χ0) is 17.2. The van der Waals surface area contributed by atoms with Crippen molar-refractivity contribution in [3.8, 4) is 5.75 Å². The SMILES string of the molecule is Cc1cc(C)cc(OCCCCn2c(C3CC3)nc3ccccc32)c1. The molecule has 0 saturated heterocycles. The molecule has 0 N–H and O–H groups in total. The highest BCUT2D eigenvalue weighted by atomic mass is 16.5. The number of imidazole rings is 1. The monoisotopic (exact) mass is 334 g/mol. The fourth-order valence-electron chi connectivity index (χ4n) is 3.56. The van der Waals surface area contributed by atoms with E-state index >= 15 is 0 Å². The van der Waals surface area contributed by atoms with Crippen molar-refractivity contribution in [3.05, 3.63) is 59.4 Å². The Kier molecular flexibility index (Phi) is 4.48. The van der Waals surface area contributed by atoms with Crippen LogP contribution >= 0.6 is 0 Å². The number of benzene rings is 2. The number of para-hydroxylation sites is 2. The van der Waals surface area contributed by atoms with Gasteiger partial charge in [-0.25, -0.2) is 4.98 Å². The van der Waals surface area contributed by atoms with Crippen LogP contribution in [0.25, 0.3) is 11.0 Å². The van der Waals surface area contributed by atoms with Crippen molar-refractivity contribution in [3.63, 3.8) is 0 Å². The quantitative estimate of drug-likeness (QED) is 0.542. The van der Waals surface area contributed by atoms with Gasteiger partial charge in [0, 0.05) is 12.5 Å². The lowest BCUT2D eigenvalue weighted by Crippen LogP contribution is -2.05. The van der Waals surface area contributed by atoms with Crippen LogP contribution in [0.1, 0.15) is 48.6 Å². The maximum absolute atomic E-state index is 5.94. The van der Waals surface area contributed by atoms with Gasteiger partial charge >= 0.3 is 0 Å². The second-order valence-corrected chi connectivity index (χ2v) is 7.26. The second-order valence-electron chi connectivity index (χ2n) is 7.26. The summed E-state index contributed by atoms with van der Waals surface area (Å²) >= 11 is 0. The summed E-state index contributed by atoms with van der Waals surface area (Å²) in [5.74, 6) is 2.96. The molecule has 2 aromatic carbocycles. The molecule has 1 heterocycles. The molecule has 3 heteroatoms. The van der Waals surface area contributed by atoms with Gasteiger partial charge in [0.1, 0.15) is 11.6 Å². The standard InChI is InChI=1S/C22H26N2O/c1-16-13-17(2)15-19(14-16)25-12-6-5-11-24-21-8-4-3-7-20(21)23-22(24)18-9-10-18/h3-4,7-8,13-15,18H,5-6,9-12H2,1-2H3. The normalized spacial score (nSPS) is 14.2. The van der Waals surface area contributed by atoms with E-state index in [1.807, 2.05) is 0 Å². The van der Waals surface area contributed by atoms with Crippen molar-refractivity contribution < 1.29 is 4.74 Å². The number of rotatable bonds is 7. The van der Waals surface area contributed by atoms with E-state index in [0.29, 0.717) is 5.92 Å². The molecule has 0 spiro atoms. The molecule has 1 aliphatic carbocycles. The third-order valence-corrected chi connectivity index (χ3v) is 4.87. The summed E-state index contributed by atoms with van der Waals surface area (Å²) in [6.45, 7) is 6.03. The van der Waals surface area contributed by atoms with Gasteiger partial charge in [-0.2, -0.15) is 0 Å². The minimum Gasteiger partial charge on any atom is -0.494 e. The highest BCUT2D eigenvalue weighted by molar-refractivity contribution is 5.76. The molecule has 3 nitrogen and oxygen atoms in total. The molecule has 1 aliphatic rings. The second kappa shape index (κ2) is 6.91. The van der Waals surface area contributed by atoms with Crippen molar-refractivity contribution in [1.29, 1.82) is 0 Å². The van der Waals surface area contributed by atoms with Crippen LogP contribution in [0.2, 0.25) is 0 Å². The van der Waals surface area contributed by atoms with Crippen molar-refractivity contribution in [1.82, 2.24) is 9.55 Å². The summed E-state index contributed by atoms with van der Waals surface area (Å²) in [6.07, 6.45) is 4.76. The smallest absolute Gasteiger partial charge is 0.119 e. The number of ether oxygens (including phenoxy) is 1. The van der Waals surface area contributed by atoms with Crippen molar-refractivity contribution in [2.75, 3.05) is 6.61 Å². The van der Waals surface area contributed by atoms with E-state index in [1.54, 1.807) is 0 Å².